The molecule has 2 aromatic rings. The first kappa shape index (κ1) is 12.8. The fraction of sp³-hybridized carbons (Fsp3) is 0. The summed E-state index contributed by atoms with van der Waals surface area (Å²) in [6.45, 7) is 0. The summed E-state index contributed by atoms with van der Waals surface area (Å²) in [7, 11) is 0. The van der Waals surface area contributed by atoms with Crippen molar-refractivity contribution in [2.75, 3.05) is 11.1 Å². The molecular formula is C11H8BrClN4O. The molecule has 0 bridgehead atoms. The monoisotopic (exact) mass is 326 g/mol. The number of nitrogens with one attached hydrogen (secondary N) is 1. The number of carbonyl (C=O) groups is 1. The Morgan fingerprint density at radius 1 is 1.33 bits per heavy atom. The van der Waals surface area contributed by atoms with Gasteiger partial charge in [0.2, 0.25) is 0 Å². The van der Waals surface area contributed by atoms with E-state index in [1.54, 1.807) is 12.1 Å². The molecule has 1 amide bonds. The van der Waals surface area contributed by atoms with Crippen LogP contribution in [0.2, 0.25) is 5.02 Å². The predicted octanol–water partition coefficient (Wildman–Crippen LogP) is 2.73. The van der Waals surface area contributed by atoms with E-state index >= 15 is 0 Å². The third-order valence-corrected chi connectivity index (χ3v) is 2.76. The van der Waals surface area contributed by atoms with Crippen LogP contribution in [-0.2, 0) is 0 Å². The van der Waals surface area contributed by atoms with Gasteiger partial charge < -0.3 is 11.1 Å². The van der Waals surface area contributed by atoms with Gasteiger partial charge in [-0.15, -0.1) is 0 Å². The van der Waals surface area contributed by atoms with E-state index in [9.17, 15) is 4.79 Å². The fourth-order valence-corrected chi connectivity index (χ4v) is 1.69. The Morgan fingerprint density at radius 2 is 2.11 bits per heavy atom. The van der Waals surface area contributed by atoms with Crippen LogP contribution < -0.4 is 11.1 Å². The molecule has 0 atom stereocenters. The van der Waals surface area contributed by atoms with Crippen LogP contribution in [0.5, 0.6) is 0 Å². The Morgan fingerprint density at radius 3 is 2.72 bits per heavy atom. The summed E-state index contributed by atoms with van der Waals surface area (Å²) in [5.41, 5.74) is 6.36. The molecule has 2 rings (SSSR count). The number of benzene rings is 1. The van der Waals surface area contributed by atoms with Gasteiger partial charge in [-0.1, -0.05) is 11.6 Å². The lowest BCUT2D eigenvalue weighted by molar-refractivity contribution is 0.102. The predicted molar refractivity (Wildman–Crippen MR) is 73.5 cm³/mol. The highest BCUT2D eigenvalue weighted by atomic mass is 79.9. The molecule has 0 unspecified atom stereocenters. The Labute approximate surface area is 117 Å². The van der Waals surface area contributed by atoms with E-state index < -0.39 is 0 Å². The van der Waals surface area contributed by atoms with Crippen LogP contribution in [0.1, 0.15) is 10.4 Å². The number of aromatic nitrogens is 2. The molecule has 0 saturated heterocycles. The number of carbonyl (C=O) groups excluding carboxylic acids is 1. The number of nitrogens with two attached hydrogens (primary N) is 1. The van der Waals surface area contributed by atoms with E-state index in [-0.39, 0.29) is 5.91 Å². The van der Waals surface area contributed by atoms with Gasteiger partial charge in [0.05, 0.1) is 18.0 Å². The lowest BCUT2D eigenvalue weighted by Gasteiger charge is -2.06. The Bertz CT molecular complexity index is 588. The summed E-state index contributed by atoms with van der Waals surface area (Å²) in [6.07, 6.45) is 2.93. The van der Waals surface area contributed by atoms with Crippen molar-refractivity contribution in [2.24, 2.45) is 0 Å². The normalized spacial score (nSPS) is 10.1. The van der Waals surface area contributed by atoms with Crippen molar-refractivity contribution in [3.8, 4) is 0 Å². The summed E-state index contributed by atoms with van der Waals surface area (Å²) in [5, 5.41) is 3.07. The van der Waals surface area contributed by atoms with Crippen LogP contribution in [0.3, 0.4) is 0 Å². The molecule has 1 aromatic heterocycles. The van der Waals surface area contributed by atoms with Gasteiger partial charge in [-0.05, 0) is 34.1 Å². The standard InChI is InChI=1S/C11H8BrClN4O/c12-9-4-16-10(5-15-9)17-11(18)7-2-1-6(13)3-8(7)14/h1-5H,14H2,(H,16,17,18). The number of hydrogen-bond donors (Lipinski definition) is 2. The Kier molecular flexibility index (Phi) is 3.78. The summed E-state index contributed by atoms with van der Waals surface area (Å²) >= 11 is 8.92. The van der Waals surface area contributed by atoms with Gasteiger partial charge in [0, 0.05) is 10.7 Å². The molecule has 0 aliphatic carbocycles. The van der Waals surface area contributed by atoms with E-state index in [2.05, 4.69) is 31.2 Å². The first-order valence-electron chi connectivity index (χ1n) is 4.90. The molecule has 7 heteroatoms. The number of rotatable bonds is 2. The number of nitrogens with zero attached hydrogens (tertiary/aromatic N) is 2. The average molecular weight is 328 g/mol. The molecule has 1 heterocycles. The first-order chi connectivity index (χ1) is 8.56. The zero-order valence-electron chi connectivity index (χ0n) is 9.02. The second-order valence-electron chi connectivity index (χ2n) is 3.41. The Balaban J connectivity index is 2.19. The van der Waals surface area contributed by atoms with Crippen molar-refractivity contribution in [3.63, 3.8) is 0 Å². The third kappa shape index (κ3) is 2.96. The largest absolute Gasteiger partial charge is 0.398 e. The maximum atomic E-state index is 11.9. The second-order valence-corrected chi connectivity index (χ2v) is 4.66. The molecule has 92 valence electrons. The second kappa shape index (κ2) is 5.32. The maximum Gasteiger partial charge on any atom is 0.258 e. The van der Waals surface area contributed by atoms with E-state index in [1.807, 2.05) is 0 Å². The van der Waals surface area contributed by atoms with Crippen molar-refractivity contribution < 1.29 is 4.79 Å². The average Bonchev–Trinajstić information content (AvgIpc) is 2.32. The Hall–Kier alpha value is -1.66. The van der Waals surface area contributed by atoms with E-state index in [0.717, 1.165) is 0 Å². The molecule has 0 aliphatic heterocycles. The van der Waals surface area contributed by atoms with Gasteiger partial charge in [0.15, 0.2) is 5.82 Å². The maximum absolute atomic E-state index is 11.9. The minimum atomic E-state index is -0.360. The highest BCUT2D eigenvalue weighted by molar-refractivity contribution is 9.10. The van der Waals surface area contributed by atoms with Gasteiger partial charge in [-0.3, -0.25) is 4.79 Å². The van der Waals surface area contributed by atoms with Crippen LogP contribution in [0.4, 0.5) is 11.5 Å². The number of halogens is 2. The lowest BCUT2D eigenvalue weighted by Crippen LogP contribution is -2.15. The minimum absolute atomic E-state index is 0.310. The molecule has 3 N–H and O–H groups in total. The third-order valence-electron chi connectivity index (χ3n) is 2.12. The van der Waals surface area contributed by atoms with Crippen LogP contribution in [0, 0.1) is 0 Å². The molecule has 1 aromatic carbocycles. The van der Waals surface area contributed by atoms with Crippen LogP contribution >= 0.6 is 27.5 Å². The van der Waals surface area contributed by atoms with Crippen molar-refractivity contribution in [1.82, 2.24) is 9.97 Å². The number of hydrogen-bond acceptors (Lipinski definition) is 4. The molecule has 0 saturated carbocycles. The number of amides is 1. The van der Waals surface area contributed by atoms with Crippen molar-refractivity contribution >= 4 is 44.9 Å². The van der Waals surface area contributed by atoms with Crippen LogP contribution in [0.25, 0.3) is 0 Å². The molecule has 0 fully saturated rings. The van der Waals surface area contributed by atoms with E-state index in [1.165, 1.54) is 18.5 Å². The fourth-order valence-electron chi connectivity index (χ4n) is 1.30. The SMILES string of the molecule is Nc1cc(Cl)ccc1C(=O)Nc1cnc(Br)cn1. The molecule has 0 aliphatic rings. The summed E-state index contributed by atoms with van der Waals surface area (Å²) < 4.78 is 0.589. The van der Waals surface area contributed by atoms with Gasteiger partial charge in [0.25, 0.3) is 5.91 Å². The number of nitrogen functional groups attached to an aromatic ring is 1. The topological polar surface area (TPSA) is 80.9 Å². The van der Waals surface area contributed by atoms with Gasteiger partial charge >= 0.3 is 0 Å². The van der Waals surface area contributed by atoms with Gasteiger partial charge in [-0.2, -0.15) is 0 Å². The van der Waals surface area contributed by atoms with E-state index in [4.69, 9.17) is 17.3 Å². The van der Waals surface area contributed by atoms with Crippen LogP contribution in [-0.4, -0.2) is 15.9 Å². The van der Waals surface area contributed by atoms with Gasteiger partial charge in [-0.25, -0.2) is 9.97 Å². The molecule has 18 heavy (non-hydrogen) atoms. The zero-order valence-corrected chi connectivity index (χ0v) is 11.4. The van der Waals surface area contributed by atoms with Crippen molar-refractivity contribution in [3.05, 3.63) is 45.8 Å². The van der Waals surface area contributed by atoms with Crippen molar-refractivity contribution in [1.29, 1.82) is 0 Å². The number of anilines is 2. The molecular weight excluding hydrogens is 320 g/mol. The summed E-state index contributed by atoms with van der Waals surface area (Å²) in [5.74, 6) is -0.0154. The quantitative estimate of drug-likeness (QED) is 0.831. The lowest BCUT2D eigenvalue weighted by atomic mass is 10.1. The summed E-state index contributed by atoms with van der Waals surface area (Å²) in [4.78, 5) is 19.8. The van der Waals surface area contributed by atoms with Crippen LogP contribution in [0.15, 0.2) is 35.2 Å². The molecule has 0 radical (unpaired) electrons. The highest BCUT2D eigenvalue weighted by Crippen LogP contribution is 2.19. The smallest absolute Gasteiger partial charge is 0.258 e. The molecule has 0 spiro atoms. The van der Waals surface area contributed by atoms with E-state index in [0.29, 0.717) is 26.7 Å². The van der Waals surface area contributed by atoms with Gasteiger partial charge in [0.1, 0.15) is 4.60 Å². The summed E-state index contributed by atoms with van der Waals surface area (Å²) in [6, 6.07) is 4.67. The first-order valence-corrected chi connectivity index (χ1v) is 6.07. The minimum Gasteiger partial charge on any atom is -0.398 e. The molecule has 5 nitrogen and oxygen atoms in total. The highest BCUT2D eigenvalue weighted by Gasteiger charge is 2.10. The van der Waals surface area contributed by atoms with Crippen molar-refractivity contribution in [2.45, 2.75) is 0 Å². The zero-order chi connectivity index (χ0) is 13.1.